The molecule has 1 unspecified atom stereocenters. The molecule has 0 N–H and O–H groups in total. The molecule has 4 rings (SSSR count). The molecule has 1 aliphatic rings. The van der Waals surface area contributed by atoms with Crippen LogP contribution in [0.15, 0.2) is 71.5 Å². The van der Waals surface area contributed by atoms with Crippen molar-refractivity contribution in [3.63, 3.8) is 0 Å². The van der Waals surface area contributed by atoms with Gasteiger partial charge in [0.05, 0.1) is 19.4 Å². The number of hydrogen-bond acceptors (Lipinski definition) is 3. The average Bonchev–Trinajstić information content (AvgIpc) is 3.31. The molecule has 4 nitrogen and oxygen atoms in total. The number of benzene rings is 2. The lowest BCUT2D eigenvalue weighted by Crippen LogP contribution is -2.23. The number of rotatable bonds is 4. The molecule has 0 amide bonds. The predicted molar refractivity (Wildman–Crippen MR) is 103 cm³/mol. The van der Waals surface area contributed by atoms with Crippen molar-refractivity contribution in [3.05, 3.63) is 77.0 Å². The second-order valence-corrected chi connectivity index (χ2v) is 6.83. The molecule has 1 aliphatic heterocycles. The Labute approximate surface area is 155 Å². The highest BCUT2D eigenvalue weighted by molar-refractivity contribution is 9.10. The summed E-state index contributed by atoms with van der Waals surface area (Å²) in [6.45, 7) is 1.54. The zero-order valence-corrected chi connectivity index (χ0v) is 15.5. The number of aromatic nitrogens is 1. The Hall–Kier alpha value is -2.24. The van der Waals surface area contributed by atoms with E-state index >= 15 is 0 Å². The van der Waals surface area contributed by atoms with E-state index in [0.29, 0.717) is 6.61 Å². The zero-order valence-electron chi connectivity index (χ0n) is 13.9. The third kappa shape index (κ3) is 3.17. The van der Waals surface area contributed by atoms with Crippen LogP contribution in [-0.4, -0.2) is 24.8 Å². The number of nitrogens with zero attached hydrogens (tertiary/aromatic N) is 2. The number of methoxy groups -OCH3 is 1. The molecule has 3 aromatic rings. The Morgan fingerprint density at radius 2 is 1.88 bits per heavy atom. The summed E-state index contributed by atoms with van der Waals surface area (Å²) in [5.74, 6) is 0.866. The maximum atomic E-state index is 6.02. The van der Waals surface area contributed by atoms with E-state index in [0.717, 1.165) is 33.7 Å². The Morgan fingerprint density at radius 3 is 2.68 bits per heavy atom. The van der Waals surface area contributed by atoms with Gasteiger partial charge in [-0.15, -0.1) is 0 Å². The van der Waals surface area contributed by atoms with E-state index in [1.807, 2.05) is 30.3 Å². The predicted octanol–water partition coefficient (Wildman–Crippen LogP) is 4.78. The lowest BCUT2D eigenvalue weighted by molar-refractivity contribution is 0.113. The number of para-hydroxylation sites is 2. The summed E-state index contributed by atoms with van der Waals surface area (Å²) in [4.78, 5) is 2.25. The number of hydrogen-bond donors (Lipinski definition) is 0. The second-order valence-electron chi connectivity index (χ2n) is 5.92. The van der Waals surface area contributed by atoms with Crippen LogP contribution in [0.5, 0.6) is 5.75 Å². The standard InChI is InChI=1S/C20H19BrN2O2/c1-24-19-5-3-2-4-18(19)23-12-13-25-20(23)15-10-11-22(14-15)17-8-6-16(21)7-9-17/h2-11,14,20H,12-13H2,1H3. The van der Waals surface area contributed by atoms with Crippen molar-refractivity contribution in [1.29, 1.82) is 0 Å². The van der Waals surface area contributed by atoms with Crippen LogP contribution in [0.4, 0.5) is 5.69 Å². The van der Waals surface area contributed by atoms with Crippen LogP contribution in [0.1, 0.15) is 11.8 Å². The Bertz CT molecular complexity index is 860. The van der Waals surface area contributed by atoms with E-state index in [-0.39, 0.29) is 6.23 Å². The van der Waals surface area contributed by atoms with Gasteiger partial charge in [0.2, 0.25) is 0 Å². The molecule has 0 saturated carbocycles. The van der Waals surface area contributed by atoms with E-state index < -0.39 is 0 Å². The molecule has 1 atom stereocenters. The van der Waals surface area contributed by atoms with Gasteiger partial charge in [-0.1, -0.05) is 28.1 Å². The normalized spacial score (nSPS) is 17.0. The van der Waals surface area contributed by atoms with Gasteiger partial charge in [0, 0.05) is 34.7 Å². The smallest absolute Gasteiger partial charge is 0.158 e. The van der Waals surface area contributed by atoms with Crippen molar-refractivity contribution in [2.75, 3.05) is 25.2 Å². The third-order valence-corrected chi connectivity index (χ3v) is 4.94. The summed E-state index contributed by atoms with van der Waals surface area (Å²) in [6, 6.07) is 18.4. The monoisotopic (exact) mass is 398 g/mol. The first kappa shape index (κ1) is 16.2. The number of ether oxygens (including phenoxy) is 2. The van der Waals surface area contributed by atoms with Gasteiger partial charge < -0.3 is 18.9 Å². The largest absolute Gasteiger partial charge is 0.495 e. The minimum Gasteiger partial charge on any atom is -0.495 e. The fourth-order valence-electron chi connectivity index (χ4n) is 3.19. The molecule has 25 heavy (non-hydrogen) atoms. The molecule has 2 heterocycles. The van der Waals surface area contributed by atoms with E-state index in [9.17, 15) is 0 Å². The summed E-state index contributed by atoms with van der Waals surface area (Å²) in [7, 11) is 1.70. The van der Waals surface area contributed by atoms with Gasteiger partial charge in [0.1, 0.15) is 5.75 Å². The van der Waals surface area contributed by atoms with Crippen LogP contribution in [-0.2, 0) is 4.74 Å². The molecule has 0 bridgehead atoms. The first-order chi connectivity index (χ1) is 12.3. The van der Waals surface area contributed by atoms with Gasteiger partial charge in [-0.25, -0.2) is 0 Å². The summed E-state index contributed by atoms with van der Waals surface area (Å²) in [5, 5.41) is 0. The minimum absolute atomic E-state index is 0.104. The Kier molecular flexibility index (Phi) is 4.51. The summed E-state index contributed by atoms with van der Waals surface area (Å²) in [5.41, 5.74) is 3.31. The van der Waals surface area contributed by atoms with E-state index in [1.165, 1.54) is 0 Å². The third-order valence-electron chi connectivity index (χ3n) is 4.41. The average molecular weight is 399 g/mol. The van der Waals surface area contributed by atoms with E-state index in [4.69, 9.17) is 9.47 Å². The first-order valence-corrected chi connectivity index (χ1v) is 9.00. The second kappa shape index (κ2) is 6.94. The summed E-state index contributed by atoms with van der Waals surface area (Å²) < 4.78 is 14.7. The zero-order chi connectivity index (χ0) is 17.2. The van der Waals surface area contributed by atoms with Crippen LogP contribution < -0.4 is 9.64 Å². The fourth-order valence-corrected chi connectivity index (χ4v) is 3.46. The molecule has 0 aliphatic carbocycles. The number of anilines is 1. The molecule has 2 aromatic carbocycles. The van der Waals surface area contributed by atoms with Crippen LogP contribution in [0.25, 0.3) is 5.69 Å². The lowest BCUT2D eigenvalue weighted by Gasteiger charge is -2.26. The van der Waals surface area contributed by atoms with Gasteiger partial charge in [-0.2, -0.15) is 0 Å². The van der Waals surface area contributed by atoms with Crippen LogP contribution in [0, 0.1) is 0 Å². The van der Waals surface area contributed by atoms with Crippen molar-refractivity contribution in [1.82, 2.24) is 4.57 Å². The van der Waals surface area contributed by atoms with Crippen molar-refractivity contribution >= 4 is 21.6 Å². The minimum atomic E-state index is -0.104. The maximum absolute atomic E-state index is 6.02. The lowest BCUT2D eigenvalue weighted by atomic mass is 10.2. The highest BCUT2D eigenvalue weighted by Crippen LogP contribution is 2.37. The molecule has 1 aromatic heterocycles. The summed E-state index contributed by atoms with van der Waals surface area (Å²) in [6.07, 6.45) is 4.09. The topological polar surface area (TPSA) is 26.6 Å². The van der Waals surface area contributed by atoms with Gasteiger partial charge in [0.15, 0.2) is 6.23 Å². The Balaban J connectivity index is 1.64. The van der Waals surface area contributed by atoms with Crippen molar-refractivity contribution in [2.24, 2.45) is 0 Å². The van der Waals surface area contributed by atoms with Crippen molar-refractivity contribution < 1.29 is 9.47 Å². The molecular weight excluding hydrogens is 380 g/mol. The molecule has 128 valence electrons. The van der Waals surface area contributed by atoms with Crippen LogP contribution in [0.3, 0.4) is 0 Å². The van der Waals surface area contributed by atoms with Gasteiger partial charge in [-0.3, -0.25) is 0 Å². The van der Waals surface area contributed by atoms with Gasteiger partial charge in [0.25, 0.3) is 0 Å². The van der Waals surface area contributed by atoms with Crippen LogP contribution >= 0.6 is 15.9 Å². The van der Waals surface area contributed by atoms with Crippen molar-refractivity contribution in [2.45, 2.75) is 6.23 Å². The fraction of sp³-hybridized carbons (Fsp3) is 0.200. The highest BCUT2D eigenvalue weighted by Gasteiger charge is 2.29. The summed E-state index contributed by atoms with van der Waals surface area (Å²) >= 11 is 3.48. The highest BCUT2D eigenvalue weighted by atomic mass is 79.9. The first-order valence-electron chi connectivity index (χ1n) is 8.21. The molecule has 5 heteroatoms. The molecule has 0 spiro atoms. The molecule has 1 fully saturated rings. The van der Waals surface area contributed by atoms with E-state index in [2.05, 4.69) is 62.1 Å². The van der Waals surface area contributed by atoms with Gasteiger partial charge >= 0.3 is 0 Å². The molecular formula is C20H19BrN2O2. The van der Waals surface area contributed by atoms with Crippen LogP contribution in [0.2, 0.25) is 0 Å². The molecule has 0 radical (unpaired) electrons. The maximum Gasteiger partial charge on any atom is 0.158 e. The number of halogens is 1. The Morgan fingerprint density at radius 1 is 1.08 bits per heavy atom. The quantitative estimate of drug-likeness (QED) is 0.632. The SMILES string of the molecule is COc1ccccc1N1CCOC1c1ccn(-c2ccc(Br)cc2)c1. The van der Waals surface area contributed by atoms with E-state index in [1.54, 1.807) is 7.11 Å². The van der Waals surface area contributed by atoms with Crippen molar-refractivity contribution in [3.8, 4) is 11.4 Å². The van der Waals surface area contributed by atoms with Gasteiger partial charge in [-0.05, 0) is 42.5 Å². The molecule has 1 saturated heterocycles.